The Morgan fingerprint density at radius 2 is 1.87 bits per heavy atom. The largest absolute Gasteiger partial charge is 0.497 e. The van der Waals surface area contributed by atoms with Gasteiger partial charge in [0.2, 0.25) is 0 Å². The van der Waals surface area contributed by atoms with Gasteiger partial charge in [-0.3, -0.25) is 9.79 Å². The minimum atomic E-state index is -0.253. The summed E-state index contributed by atoms with van der Waals surface area (Å²) < 4.78 is 18.4. The Morgan fingerprint density at radius 3 is 2.61 bits per heavy atom. The van der Waals surface area contributed by atoms with Crippen molar-refractivity contribution in [1.82, 2.24) is 20.9 Å². The van der Waals surface area contributed by atoms with Crippen molar-refractivity contribution in [2.75, 3.05) is 33.3 Å². The zero-order valence-electron chi connectivity index (χ0n) is 17.8. The molecule has 7 nitrogen and oxygen atoms in total. The molecule has 0 radical (unpaired) electrons. The van der Waals surface area contributed by atoms with Crippen molar-refractivity contribution in [3.05, 3.63) is 65.6 Å². The van der Waals surface area contributed by atoms with Crippen molar-refractivity contribution < 1.29 is 13.9 Å². The molecule has 0 saturated heterocycles. The molecule has 0 aliphatic carbocycles. The molecular weight excluding hydrogens is 397 g/mol. The van der Waals surface area contributed by atoms with Gasteiger partial charge in [0.15, 0.2) is 5.96 Å². The number of amides is 1. The molecule has 8 heteroatoms. The van der Waals surface area contributed by atoms with E-state index in [1.807, 2.05) is 13.1 Å². The Bertz CT molecular complexity index is 1030. The van der Waals surface area contributed by atoms with Gasteiger partial charge in [-0.15, -0.1) is 0 Å². The van der Waals surface area contributed by atoms with Crippen LogP contribution in [0.4, 0.5) is 4.39 Å². The molecule has 1 heterocycles. The lowest BCUT2D eigenvalue weighted by Gasteiger charge is -2.12. The maximum absolute atomic E-state index is 13.3. The average molecular weight is 426 g/mol. The van der Waals surface area contributed by atoms with Crippen LogP contribution in [0.5, 0.6) is 5.75 Å². The van der Waals surface area contributed by atoms with Gasteiger partial charge in [-0.2, -0.15) is 0 Å². The van der Waals surface area contributed by atoms with Gasteiger partial charge in [-0.05, 0) is 61.4 Å². The van der Waals surface area contributed by atoms with Crippen LogP contribution in [0.15, 0.2) is 53.7 Å². The smallest absolute Gasteiger partial charge is 0.251 e. The summed E-state index contributed by atoms with van der Waals surface area (Å²) in [6, 6.07) is 11.7. The molecule has 0 spiro atoms. The summed E-state index contributed by atoms with van der Waals surface area (Å²) >= 11 is 0. The molecule has 31 heavy (non-hydrogen) atoms. The first-order chi connectivity index (χ1) is 15.1. The van der Waals surface area contributed by atoms with Crippen molar-refractivity contribution >= 4 is 22.8 Å². The Labute approximate surface area is 181 Å². The van der Waals surface area contributed by atoms with E-state index in [0.29, 0.717) is 36.9 Å². The summed E-state index contributed by atoms with van der Waals surface area (Å²) in [6.07, 6.45) is 2.63. The normalized spacial score (nSPS) is 11.4. The fourth-order valence-electron chi connectivity index (χ4n) is 3.20. The first-order valence-corrected chi connectivity index (χ1v) is 10.3. The third-order valence-corrected chi connectivity index (χ3v) is 4.78. The first-order valence-electron chi connectivity index (χ1n) is 10.3. The molecule has 1 amide bonds. The van der Waals surface area contributed by atoms with Gasteiger partial charge < -0.3 is 25.7 Å². The number of benzene rings is 2. The highest BCUT2D eigenvalue weighted by Crippen LogP contribution is 2.19. The number of carbonyl (C=O) groups excluding carboxylic acids is 1. The molecule has 0 atom stereocenters. The summed E-state index contributed by atoms with van der Waals surface area (Å²) in [6.45, 7) is 4.31. The van der Waals surface area contributed by atoms with Crippen molar-refractivity contribution in [3.8, 4) is 5.75 Å². The molecule has 3 aromatic rings. The van der Waals surface area contributed by atoms with E-state index in [2.05, 4.69) is 25.9 Å². The van der Waals surface area contributed by atoms with Gasteiger partial charge in [0.05, 0.1) is 7.11 Å². The summed E-state index contributed by atoms with van der Waals surface area (Å²) in [4.78, 5) is 19.9. The quantitative estimate of drug-likeness (QED) is 0.241. The maximum Gasteiger partial charge on any atom is 0.251 e. The Balaban J connectivity index is 1.46. The summed E-state index contributed by atoms with van der Waals surface area (Å²) in [7, 11) is 1.59. The number of rotatable bonds is 9. The second-order valence-electron chi connectivity index (χ2n) is 6.93. The SMILES string of the molecule is CCNC(=NCCc1c[nH]c2cc(F)ccc12)NCCNC(=O)c1ccc(OC)cc1. The second kappa shape index (κ2) is 11.0. The molecule has 2 aromatic carbocycles. The van der Waals surface area contributed by atoms with E-state index in [1.165, 1.54) is 12.1 Å². The van der Waals surface area contributed by atoms with E-state index >= 15 is 0 Å². The molecular formula is C23H28FN5O2. The minimum Gasteiger partial charge on any atom is -0.497 e. The van der Waals surface area contributed by atoms with E-state index in [4.69, 9.17) is 4.74 Å². The van der Waals surface area contributed by atoms with E-state index in [9.17, 15) is 9.18 Å². The predicted molar refractivity (Wildman–Crippen MR) is 121 cm³/mol. The van der Waals surface area contributed by atoms with Crippen LogP contribution >= 0.6 is 0 Å². The zero-order valence-corrected chi connectivity index (χ0v) is 17.8. The molecule has 0 unspecified atom stereocenters. The lowest BCUT2D eigenvalue weighted by molar-refractivity contribution is 0.0954. The third kappa shape index (κ3) is 6.21. The number of nitrogens with one attached hydrogen (secondary N) is 4. The number of methoxy groups -OCH3 is 1. The number of nitrogens with zero attached hydrogens (tertiary/aromatic N) is 1. The van der Waals surface area contributed by atoms with Crippen molar-refractivity contribution in [1.29, 1.82) is 0 Å². The van der Waals surface area contributed by atoms with Crippen LogP contribution in [-0.4, -0.2) is 50.1 Å². The van der Waals surface area contributed by atoms with Crippen molar-refractivity contribution in [2.45, 2.75) is 13.3 Å². The van der Waals surface area contributed by atoms with Crippen molar-refractivity contribution in [2.24, 2.45) is 4.99 Å². The Hall–Kier alpha value is -3.55. The second-order valence-corrected chi connectivity index (χ2v) is 6.93. The van der Waals surface area contributed by atoms with Gasteiger partial charge in [0, 0.05) is 48.8 Å². The number of aliphatic imine (C=N–C) groups is 1. The van der Waals surface area contributed by atoms with E-state index in [1.54, 1.807) is 37.4 Å². The lowest BCUT2D eigenvalue weighted by atomic mass is 10.1. The monoisotopic (exact) mass is 425 g/mol. The number of hydrogen-bond donors (Lipinski definition) is 4. The van der Waals surface area contributed by atoms with Crippen LogP contribution in [-0.2, 0) is 6.42 Å². The summed E-state index contributed by atoms with van der Waals surface area (Å²) in [5.74, 6) is 1.01. The van der Waals surface area contributed by atoms with Crippen LogP contribution in [0, 0.1) is 5.82 Å². The van der Waals surface area contributed by atoms with Gasteiger partial charge in [-0.1, -0.05) is 0 Å². The number of ether oxygens (including phenoxy) is 1. The van der Waals surface area contributed by atoms with Crippen LogP contribution in [0.1, 0.15) is 22.8 Å². The fraction of sp³-hybridized carbons (Fsp3) is 0.304. The summed E-state index contributed by atoms with van der Waals surface area (Å²) in [5.41, 5.74) is 2.47. The van der Waals surface area contributed by atoms with Gasteiger partial charge in [0.25, 0.3) is 5.91 Å². The number of hydrogen-bond acceptors (Lipinski definition) is 3. The van der Waals surface area contributed by atoms with Gasteiger partial charge >= 0.3 is 0 Å². The Kier molecular flexibility index (Phi) is 7.86. The Morgan fingerprint density at radius 1 is 1.10 bits per heavy atom. The number of fused-ring (bicyclic) bond motifs is 1. The van der Waals surface area contributed by atoms with Gasteiger partial charge in [0.1, 0.15) is 11.6 Å². The summed E-state index contributed by atoms with van der Waals surface area (Å²) in [5, 5.41) is 10.3. The zero-order chi connectivity index (χ0) is 22.1. The van der Waals surface area contributed by atoms with Crippen LogP contribution in [0.2, 0.25) is 0 Å². The molecule has 1 aromatic heterocycles. The molecule has 0 saturated carbocycles. The van der Waals surface area contributed by atoms with Crippen LogP contribution in [0.25, 0.3) is 10.9 Å². The molecule has 3 rings (SSSR count). The first kappa shape index (κ1) is 22.1. The topological polar surface area (TPSA) is 90.5 Å². The molecule has 164 valence electrons. The van der Waals surface area contributed by atoms with E-state index in [-0.39, 0.29) is 11.7 Å². The van der Waals surface area contributed by atoms with Crippen LogP contribution < -0.4 is 20.7 Å². The molecule has 0 fully saturated rings. The number of H-pyrrole nitrogens is 1. The number of guanidine groups is 1. The fourth-order valence-corrected chi connectivity index (χ4v) is 3.20. The highest BCUT2D eigenvalue weighted by atomic mass is 19.1. The highest BCUT2D eigenvalue weighted by molar-refractivity contribution is 5.94. The average Bonchev–Trinajstić information content (AvgIpc) is 3.18. The number of carbonyl (C=O) groups is 1. The van der Waals surface area contributed by atoms with E-state index < -0.39 is 0 Å². The number of halogens is 1. The van der Waals surface area contributed by atoms with Crippen LogP contribution in [0.3, 0.4) is 0 Å². The van der Waals surface area contributed by atoms with Crippen molar-refractivity contribution in [3.63, 3.8) is 0 Å². The number of aromatic amines is 1. The van der Waals surface area contributed by atoms with E-state index in [0.717, 1.165) is 29.4 Å². The molecule has 0 aliphatic heterocycles. The maximum atomic E-state index is 13.3. The minimum absolute atomic E-state index is 0.137. The highest BCUT2D eigenvalue weighted by Gasteiger charge is 2.06. The standard InChI is InChI=1S/C23H28FN5O2/c1-3-25-23(27-11-10-17-15-29-21-14-18(24)6-9-20(17)21)28-13-12-26-22(30)16-4-7-19(31-2)8-5-16/h4-9,14-15,29H,3,10-13H2,1-2H3,(H,26,30)(H2,25,27,28). The molecule has 4 N–H and O–H groups in total. The van der Waals surface area contributed by atoms with Gasteiger partial charge in [-0.25, -0.2) is 4.39 Å². The third-order valence-electron chi connectivity index (χ3n) is 4.78. The predicted octanol–water partition coefficient (Wildman–Crippen LogP) is 2.84. The molecule has 0 bridgehead atoms. The lowest BCUT2D eigenvalue weighted by Crippen LogP contribution is -2.41. The number of aromatic nitrogens is 1. The molecule has 0 aliphatic rings.